The van der Waals surface area contributed by atoms with Gasteiger partial charge in [-0.1, -0.05) is 140 Å². The van der Waals surface area contributed by atoms with Crippen molar-refractivity contribution in [3.63, 3.8) is 0 Å². The Bertz CT molecular complexity index is 2530. The van der Waals surface area contributed by atoms with Crippen molar-refractivity contribution in [1.82, 2.24) is 9.55 Å². The Balaban J connectivity index is 1.12. The van der Waals surface area contributed by atoms with Gasteiger partial charge in [0.15, 0.2) is 0 Å². The minimum absolute atomic E-state index is 0.0937. The minimum Gasteiger partial charge on any atom is -0.318 e. The van der Waals surface area contributed by atoms with E-state index in [0.29, 0.717) is 0 Å². The lowest BCUT2D eigenvalue weighted by molar-refractivity contribution is 0.743. The van der Waals surface area contributed by atoms with Gasteiger partial charge in [-0.25, -0.2) is 4.98 Å². The molecule has 3 aliphatic rings. The van der Waals surface area contributed by atoms with Crippen molar-refractivity contribution in [2.45, 2.75) is 24.3 Å². The molecular formula is C47H35N3. The van der Waals surface area contributed by atoms with Crippen molar-refractivity contribution in [2.75, 3.05) is 4.90 Å². The van der Waals surface area contributed by atoms with Gasteiger partial charge in [0.05, 0.1) is 22.8 Å². The molecule has 50 heavy (non-hydrogen) atoms. The van der Waals surface area contributed by atoms with E-state index in [9.17, 15) is 0 Å². The molecule has 2 aromatic heterocycles. The molecule has 3 unspecified atom stereocenters. The van der Waals surface area contributed by atoms with E-state index in [-0.39, 0.29) is 17.9 Å². The van der Waals surface area contributed by atoms with Crippen molar-refractivity contribution in [3.8, 4) is 16.8 Å². The zero-order chi connectivity index (χ0) is 33.0. The van der Waals surface area contributed by atoms with Crippen LogP contribution in [0.25, 0.3) is 44.2 Å². The summed E-state index contributed by atoms with van der Waals surface area (Å²) in [6.45, 7) is 0. The van der Waals surface area contributed by atoms with Crippen LogP contribution in [0.1, 0.15) is 35.1 Å². The average Bonchev–Trinajstić information content (AvgIpc) is 3.71. The lowest BCUT2D eigenvalue weighted by atomic mass is 9.80. The van der Waals surface area contributed by atoms with E-state index in [1.54, 1.807) is 0 Å². The molecule has 0 amide bonds. The van der Waals surface area contributed by atoms with Gasteiger partial charge < -0.3 is 9.47 Å². The molecule has 10 rings (SSSR count). The topological polar surface area (TPSA) is 21.1 Å². The third-order valence-corrected chi connectivity index (χ3v) is 10.7. The smallest absolute Gasteiger partial charge is 0.134 e. The van der Waals surface area contributed by atoms with Crippen LogP contribution in [-0.2, 0) is 0 Å². The minimum atomic E-state index is 0.0937. The van der Waals surface area contributed by atoms with Crippen molar-refractivity contribution in [1.29, 1.82) is 0 Å². The Morgan fingerprint density at radius 1 is 0.580 bits per heavy atom. The third-order valence-electron chi connectivity index (χ3n) is 10.7. The zero-order valence-electron chi connectivity index (χ0n) is 27.6. The predicted molar refractivity (Wildman–Crippen MR) is 208 cm³/mol. The van der Waals surface area contributed by atoms with Crippen LogP contribution in [0, 0.1) is 0 Å². The molecule has 0 radical (unpaired) electrons. The Morgan fingerprint density at radius 3 is 2.22 bits per heavy atom. The first-order chi connectivity index (χ1) is 24.8. The van der Waals surface area contributed by atoms with Crippen LogP contribution in [0.5, 0.6) is 0 Å². The molecule has 7 aromatic rings. The van der Waals surface area contributed by atoms with Gasteiger partial charge in [0.2, 0.25) is 0 Å². The third kappa shape index (κ3) is 4.62. The zero-order valence-corrected chi connectivity index (χ0v) is 27.6. The summed E-state index contributed by atoms with van der Waals surface area (Å²) >= 11 is 0. The average molecular weight is 642 g/mol. The first-order valence-corrected chi connectivity index (χ1v) is 17.6. The normalized spacial score (nSPS) is 19.2. The number of para-hydroxylation sites is 3. The summed E-state index contributed by atoms with van der Waals surface area (Å²) < 4.78 is 2.41. The van der Waals surface area contributed by atoms with Crippen LogP contribution < -0.4 is 4.90 Å². The summed E-state index contributed by atoms with van der Waals surface area (Å²) in [7, 11) is 0. The number of fused-ring (bicyclic) bond motifs is 6. The van der Waals surface area contributed by atoms with Gasteiger partial charge in [0.1, 0.15) is 5.82 Å². The summed E-state index contributed by atoms with van der Waals surface area (Å²) in [5, 5.41) is 2.54. The van der Waals surface area contributed by atoms with Crippen LogP contribution >= 0.6 is 0 Å². The van der Waals surface area contributed by atoms with E-state index >= 15 is 0 Å². The predicted octanol–water partition coefficient (Wildman–Crippen LogP) is 11.7. The highest BCUT2D eigenvalue weighted by molar-refractivity contribution is 6.10. The number of hydrogen-bond acceptors (Lipinski definition) is 2. The first-order valence-electron chi connectivity index (χ1n) is 17.6. The summed E-state index contributed by atoms with van der Waals surface area (Å²) in [6.07, 6.45) is 16.7. The van der Waals surface area contributed by atoms with Crippen LogP contribution in [0.15, 0.2) is 182 Å². The highest BCUT2D eigenvalue weighted by atomic mass is 15.2. The summed E-state index contributed by atoms with van der Waals surface area (Å²) in [6, 6.07) is 50.9. The number of benzene rings is 5. The van der Waals surface area contributed by atoms with Gasteiger partial charge in [-0.3, -0.25) is 0 Å². The van der Waals surface area contributed by atoms with Gasteiger partial charge >= 0.3 is 0 Å². The fourth-order valence-electron chi connectivity index (χ4n) is 8.39. The number of nitrogens with zero attached hydrogens (tertiary/aromatic N) is 3. The van der Waals surface area contributed by atoms with E-state index in [2.05, 4.69) is 192 Å². The van der Waals surface area contributed by atoms with Crippen LogP contribution in [0.3, 0.4) is 0 Å². The van der Waals surface area contributed by atoms with Gasteiger partial charge in [-0.05, 0) is 76.7 Å². The van der Waals surface area contributed by atoms with E-state index < -0.39 is 0 Å². The molecule has 0 saturated carbocycles. The molecule has 0 fully saturated rings. The molecule has 0 saturated heterocycles. The van der Waals surface area contributed by atoms with E-state index in [1.807, 2.05) is 0 Å². The van der Waals surface area contributed by atoms with Crippen molar-refractivity contribution in [2.24, 2.45) is 0 Å². The van der Waals surface area contributed by atoms with E-state index in [1.165, 1.54) is 61.0 Å². The molecule has 3 nitrogen and oxygen atoms in total. The van der Waals surface area contributed by atoms with Gasteiger partial charge in [-0.2, -0.15) is 0 Å². The van der Waals surface area contributed by atoms with Crippen molar-refractivity contribution >= 4 is 38.9 Å². The van der Waals surface area contributed by atoms with Crippen LogP contribution in [0.4, 0.5) is 11.5 Å². The second-order valence-electron chi connectivity index (χ2n) is 13.5. The largest absolute Gasteiger partial charge is 0.318 e. The highest BCUT2D eigenvalue weighted by Crippen LogP contribution is 2.53. The Morgan fingerprint density at radius 2 is 1.36 bits per heavy atom. The molecule has 3 heterocycles. The number of aromatic nitrogens is 2. The first kappa shape index (κ1) is 28.8. The monoisotopic (exact) mass is 641 g/mol. The second-order valence-corrected chi connectivity index (χ2v) is 13.5. The lowest BCUT2D eigenvalue weighted by Crippen LogP contribution is -2.31. The van der Waals surface area contributed by atoms with Crippen molar-refractivity contribution in [3.05, 3.63) is 199 Å². The van der Waals surface area contributed by atoms with Crippen molar-refractivity contribution < 1.29 is 0 Å². The molecule has 0 N–H and O–H groups in total. The molecule has 3 heteroatoms. The summed E-state index contributed by atoms with van der Waals surface area (Å²) in [4.78, 5) is 7.93. The fourth-order valence-corrected chi connectivity index (χ4v) is 8.39. The molecule has 238 valence electrons. The molecule has 0 spiro atoms. The standard InChI is InChI=1S/C47H35N3/c1-4-15-32(16-5-1)35-29-41(33-17-6-2-7-18-33)48-46(31-35)50-43-25-13-11-22-40(43)47-37(23-14-26-44(47)50)34-27-28-39-38-21-10-12-24-42(38)49(45(39)30-34)36-19-8-3-9-20-36/h1-17,19-31,33,44,47H,18H2. The highest BCUT2D eigenvalue weighted by Gasteiger charge is 2.42. The maximum absolute atomic E-state index is 5.45. The van der Waals surface area contributed by atoms with Crippen LogP contribution in [-0.4, -0.2) is 15.6 Å². The molecule has 3 atom stereocenters. The van der Waals surface area contributed by atoms with Gasteiger partial charge in [-0.15, -0.1) is 0 Å². The number of rotatable bonds is 5. The Kier molecular flexibility index (Phi) is 6.76. The molecular weight excluding hydrogens is 607 g/mol. The number of anilines is 2. The molecule has 0 bridgehead atoms. The Hall–Kier alpha value is -6.19. The summed E-state index contributed by atoms with van der Waals surface area (Å²) in [5.41, 5.74) is 12.3. The fraction of sp³-hybridized carbons (Fsp3) is 0.0851. The van der Waals surface area contributed by atoms with Gasteiger partial charge in [0, 0.05) is 34.0 Å². The second kappa shape index (κ2) is 11.7. The molecule has 2 aliphatic carbocycles. The SMILES string of the molecule is C1=CCC(c2cc(-c3ccccc3)cc(N3c4ccccc4C4C(c5ccc6c7ccccc7n(-c7ccccc7)c6c5)=CC=CC43)n2)C=C1. The van der Waals surface area contributed by atoms with Gasteiger partial charge in [0.25, 0.3) is 0 Å². The molecule has 5 aromatic carbocycles. The lowest BCUT2D eigenvalue weighted by Gasteiger charge is -2.31. The molecule has 1 aliphatic heterocycles. The number of allylic oxidation sites excluding steroid dienone is 6. The number of hydrogen-bond donors (Lipinski definition) is 0. The maximum atomic E-state index is 5.45. The number of pyridine rings is 1. The Labute approximate surface area is 292 Å². The van der Waals surface area contributed by atoms with E-state index in [4.69, 9.17) is 4.98 Å². The summed E-state index contributed by atoms with van der Waals surface area (Å²) in [5.74, 6) is 1.40. The maximum Gasteiger partial charge on any atom is 0.134 e. The quantitative estimate of drug-likeness (QED) is 0.186. The van der Waals surface area contributed by atoms with E-state index in [0.717, 1.165) is 17.9 Å². The van der Waals surface area contributed by atoms with Crippen LogP contribution in [0.2, 0.25) is 0 Å².